The van der Waals surface area contributed by atoms with Gasteiger partial charge in [-0.05, 0) is 79.2 Å². The zero-order valence-electron chi connectivity index (χ0n) is 13.8. The molecule has 1 heterocycles. The first-order valence-electron chi connectivity index (χ1n) is 8.50. The Labute approximate surface area is 137 Å². The number of piperidine rings is 1. The quantitative estimate of drug-likeness (QED) is 0.322. The zero-order chi connectivity index (χ0) is 16.1. The van der Waals surface area contributed by atoms with Gasteiger partial charge in [0.15, 0.2) is 0 Å². The minimum Gasteiger partial charge on any atom is -0.494 e. The average molecular weight is 312 g/mol. The highest BCUT2D eigenvalue weighted by Crippen LogP contribution is 2.42. The molecule has 1 aromatic carbocycles. The summed E-state index contributed by atoms with van der Waals surface area (Å²) in [7, 11) is 0. The number of nitrogens with zero attached hydrogens (tertiary/aromatic N) is 4. The molecule has 3 rings (SSSR count). The van der Waals surface area contributed by atoms with Gasteiger partial charge in [-0.1, -0.05) is 17.6 Å². The Kier molecular flexibility index (Phi) is 5.21. The van der Waals surface area contributed by atoms with Crippen molar-refractivity contribution in [3.05, 3.63) is 39.8 Å². The standard InChI is InChI=1S/C18H24N4O/c1-14-16-7-6-15(23-11-5-8-20-21-19)12-17(16)18(14)13-22-9-3-2-4-10-22/h6-7,12H,2-5,8-11,13H2,1H3. The molecular weight excluding hydrogens is 288 g/mol. The normalized spacial score (nSPS) is 17.3. The van der Waals surface area contributed by atoms with E-state index in [1.807, 2.05) is 6.07 Å². The predicted octanol–water partition coefficient (Wildman–Crippen LogP) is 4.50. The van der Waals surface area contributed by atoms with Crippen molar-refractivity contribution >= 4 is 11.1 Å². The van der Waals surface area contributed by atoms with Gasteiger partial charge in [-0.25, -0.2) is 0 Å². The molecule has 0 unspecified atom stereocenters. The summed E-state index contributed by atoms with van der Waals surface area (Å²) in [6, 6.07) is 6.36. The maximum absolute atomic E-state index is 8.25. The molecule has 1 saturated heterocycles. The van der Waals surface area contributed by atoms with Crippen LogP contribution >= 0.6 is 0 Å². The Morgan fingerprint density at radius 2 is 2.04 bits per heavy atom. The van der Waals surface area contributed by atoms with E-state index < -0.39 is 0 Å². The minimum atomic E-state index is 0.487. The van der Waals surface area contributed by atoms with Crippen molar-refractivity contribution in [3.8, 4) is 5.75 Å². The Balaban J connectivity index is 1.59. The SMILES string of the molecule is CC1=C(CN2CCCCC2)c2cc(OCCCN=[N+]=[N-])ccc21. The number of likely N-dealkylation sites (tertiary alicyclic amines) is 1. The average Bonchev–Trinajstić information content (AvgIpc) is 2.60. The number of ether oxygens (including phenoxy) is 1. The monoisotopic (exact) mass is 312 g/mol. The molecular formula is C18H24N4O. The first-order chi connectivity index (χ1) is 11.3. The van der Waals surface area contributed by atoms with Crippen molar-refractivity contribution in [2.24, 2.45) is 5.11 Å². The number of allylic oxidation sites excluding steroid dienone is 1. The van der Waals surface area contributed by atoms with Crippen LogP contribution in [0.4, 0.5) is 0 Å². The summed E-state index contributed by atoms with van der Waals surface area (Å²) in [4.78, 5) is 5.32. The molecule has 0 spiro atoms. The van der Waals surface area contributed by atoms with E-state index >= 15 is 0 Å². The summed E-state index contributed by atoms with van der Waals surface area (Å²) in [5.74, 6) is 0.910. The van der Waals surface area contributed by atoms with Gasteiger partial charge in [0, 0.05) is 18.0 Å². The minimum absolute atomic E-state index is 0.487. The highest BCUT2D eigenvalue weighted by Gasteiger charge is 2.25. The van der Waals surface area contributed by atoms with Crippen molar-refractivity contribution in [2.45, 2.75) is 32.6 Å². The number of fused-ring (bicyclic) bond motifs is 1. The molecule has 0 N–H and O–H groups in total. The van der Waals surface area contributed by atoms with Crippen LogP contribution in [-0.4, -0.2) is 37.7 Å². The molecule has 2 aliphatic rings. The largest absolute Gasteiger partial charge is 0.494 e. The van der Waals surface area contributed by atoms with E-state index in [9.17, 15) is 0 Å². The number of azide groups is 1. The molecule has 0 saturated carbocycles. The summed E-state index contributed by atoms with van der Waals surface area (Å²) in [5.41, 5.74) is 13.9. The van der Waals surface area contributed by atoms with E-state index in [1.165, 1.54) is 54.6 Å². The summed E-state index contributed by atoms with van der Waals surface area (Å²) >= 11 is 0. The molecule has 0 amide bonds. The fraction of sp³-hybridized carbons (Fsp3) is 0.556. The van der Waals surface area contributed by atoms with Crippen LogP contribution in [0.3, 0.4) is 0 Å². The van der Waals surface area contributed by atoms with Crippen LogP contribution in [0, 0.1) is 0 Å². The number of benzene rings is 1. The third kappa shape index (κ3) is 3.69. The van der Waals surface area contributed by atoms with Gasteiger partial charge in [0.1, 0.15) is 5.75 Å². The number of rotatable bonds is 7. The van der Waals surface area contributed by atoms with E-state index in [2.05, 4.69) is 34.0 Å². The van der Waals surface area contributed by atoms with Gasteiger partial charge in [-0.15, -0.1) is 0 Å². The first-order valence-corrected chi connectivity index (χ1v) is 8.50. The summed E-state index contributed by atoms with van der Waals surface area (Å²) in [5, 5.41) is 3.52. The van der Waals surface area contributed by atoms with E-state index in [4.69, 9.17) is 10.3 Å². The predicted molar refractivity (Wildman–Crippen MR) is 93.3 cm³/mol. The third-order valence-corrected chi connectivity index (χ3v) is 4.74. The highest BCUT2D eigenvalue weighted by atomic mass is 16.5. The maximum Gasteiger partial charge on any atom is 0.119 e. The second-order valence-electron chi connectivity index (χ2n) is 6.30. The van der Waals surface area contributed by atoms with Crippen LogP contribution in [0.15, 0.2) is 23.3 Å². The lowest BCUT2D eigenvalue weighted by Crippen LogP contribution is -2.32. The molecule has 5 heteroatoms. The molecule has 1 aliphatic carbocycles. The summed E-state index contributed by atoms with van der Waals surface area (Å²) in [6.07, 6.45) is 4.77. The molecule has 122 valence electrons. The van der Waals surface area contributed by atoms with Crippen molar-refractivity contribution in [1.82, 2.24) is 4.90 Å². The molecule has 1 aliphatic heterocycles. The fourth-order valence-electron chi connectivity index (χ4n) is 3.41. The van der Waals surface area contributed by atoms with Gasteiger partial charge in [-0.2, -0.15) is 0 Å². The van der Waals surface area contributed by atoms with E-state index in [0.717, 1.165) is 18.7 Å². The molecule has 0 radical (unpaired) electrons. The van der Waals surface area contributed by atoms with E-state index in [0.29, 0.717) is 13.2 Å². The maximum atomic E-state index is 8.25. The molecule has 1 fully saturated rings. The van der Waals surface area contributed by atoms with Crippen LogP contribution in [0.1, 0.15) is 43.7 Å². The lowest BCUT2D eigenvalue weighted by atomic mass is 9.81. The molecule has 0 aromatic heterocycles. The van der Waals surface area contributed by atoms with Gasteiger partial charge in [0.2, 0.25) is 0 Å². The Morgan fingerprint density at radius 3 is 2.83 bits per heavy atom. The lowest BCUT2D eigenvalue weighted by Gasteiger charge is -2.33. The van der Waals surface area contributed by atoms with E-state index in [-0.39, 0.29) is 0 Å². The van der Waals surface area contributed by atoms with Crippen LogP contribution in [0.2, 0.25) is 0 Å². The van der Waals surface area contributed by atoms with Crippen molar-refractivity contribution in [3.63, 3.8) is 0 Å². The van der Waals surface area contributed by atoms with Crippen LogP contribution in [0.25, 0.3) is 21.6 Å². The summed E-state index contributed by atoms with van der Waals surface area (Å²) < 4.78 is 5.78. The van der Waals surface area contributed by atoms with Crippen LogP contribution in [-0.2, 0) is 0 Å². The molecule has 0 bridgehead atoms. The molecule has 23 heavy (non-hydrogen) atoms. The highest BCUT2D eigenvalue weighted by molar-refractivity contribution is 6.04. The number of hydrogen-bond donors (Lipinski definition) is 0. The zero-order valence-corrected chi connectivity index (χ0v) is 13.8. The Morgan fingerprint density at radius 1 is 1.22 bits per heavy atom. The van der Waals surface area contributed by atoms with Gasteiger partial charge in [-0.3, -0.25) is 4.90 Å². The van der Waals surface area contributed by atoms with Gasteiger partial charge < -0.3 is 4.74 Å². The van der Waals surface area contributed by atoms with E-state index in [1.54, 1.807) is 0 Å². The second kappa shape index (κ2) is 7.53. The molecule has 1 aromatic rings. The van der Waals surface area contributed by atoms with Crippen molar-refractivity contribution < 1.29 is 4.74 Å². The summed E-state index contributed by atoms with van der Waals surface area (Å²) in [6.45, 7) is 6.81. The molecule has 5 nitrogen and oxygen atoms in total. The number of hydrogen-bond acceptors (Lipinski definition) is 3. The van der Waals surface area contributed by atoms with Crippen LogP contribution in [0.5, 0.6) is 5.75 Å². The third-order valence-electron chi connectivity index (χ3n) is 4.74. The lowest BCUT2D eigenvalue weighted by molar-refractivity contribution is 0.255. The smallest absolute Gasteiger partial charge is 0.119 e. The van der Waals surface area contributed by atoms with Crippen molar-refractivity contribution in [2.75, 3.05) is 32.8 Å². The van der Waals surface area contributed by atoms with Gasteiger partial charge in [0.05, 0.1) is 6.61 Å². The Bertz CT molecular complexity index is 640. The molecule has 0 atom stereocenters. The Hall–Kier alpha value is -1.97. The van der Waals surface area contributed by atoms with Crippen LogP contribution < -0.4 is 4.74 Å². The van der Waals surface area contributed by atoms with Gasteiger partial charge >= 0.3 is 0 Å². The second-order valence-corrected chi connectivity index (χ2v) is 6.30. The first kappa shape index (κ1) is 15.9. The van der Waals surface area contributed by atoms with Crippen molar-refractivity contribution in [1.29, 1.82) is 0 Å². The topological polar surface area (TPSA) is 61.2 Å². The fourth-order valence-corrected chi connectivity index (χ4v) is 3.41. The van der Waals surface area contributed by atoms with Gasteiger partial charge in [0.25, 0.3) is 0 Å².